The molecular weight excluding hydrogens is 254 g/mol. The number of carbonyl (C=O) groups excluding carboxylic acids is 1. The van der Waals surface area contributed by atoms with E-state index in [1.54, 1.807) is 0 Å². The third kappa shape index (κ3) is 2.66. The van der Waals surface area contributed by atoms with Gasteiger partial charge in [0.2, 0.25) is 0 Å². The second-order valence-electron chi connectivity index (χ2n) is 5.71. The van der Waals surface area contributed by atoms with Gasteiger partial charge in [-0.1, -0.05) is 6.07 Å². The number of fused-ring (bicyclic) bond motifs is 1. The minimum atomic E-state index is -0.388. The summed E-state index contributed by atoms with van der Waals surface area (Å²) in [5.74, 6) is 1.41. The minimum absolute atomic E-state index is 0.226. The van der Waals surface area contributed by atoms with Crippen molar-refractivity contribution in [1.82, 2.24) is 5.32 Å². The zero-order valence-corrected chi connectivity index (χ0v) is 12.0. The molecule has 1 fully saturated rings. The van der Waals surface area contributed by atoms with Gasteiger partial charge in [-0.3, -0.25) is 5.32 Å². The lowest BCUT2D eigenvalue weighted by Crippen LogP contribution is -2.37. The van der Waals surface area contributed by atoms with Crippen molar-refractivity contribution in [1.29, 1.82) is 0 Å². The standard InChI is InChI=1S/C16H21NO3/c1-10(11-3-4-11)17-15(16(18)19-2)13-5-6-14-12(9-13)7-8-20-14/h5-6,9-11,15,17H,3-4,7-8H2,1-2H3/t10-,15+/m0/s1. The summed E-state index contributed by atoms with van der Waals surface area (Å²) in [6.45, 7) is 2.87. The Bertz CT molecular complexity index is 510. The third-order valence-corrected chi connectivity index (χ3v) is 4.24. The monoisotopic (exact) mass is 275 g/mol. The molecule has 1 aromatic rings. The number of methoxy groups -OCH3 is 1. The highest BCUT2D eigenvalue weighted by molar-refractivity contribution is 5.77. The Kier molecular flexibility index (Phi) is 3.66. The van der Waals surface area contributed by atoms with Crippen LogP contribution >= 0.6 is 0 Å². The van der Waals surface area contributed by atoms with Gasteiger partial charge < -0.3 is 9.47 Å². The van der Waals surface area contributed by atoms with Gasteiger partial charge >= 0.3 is 5.97 Å². The summed E-state index contributed by atoms with van der Waals surface area (Å²) in [5.41, 5.74) is 2.14. The molecule has 1 saturated carbocycles. The highest BCUT2D eigenvalue weighted by Crippen LogP contribution is 2.34. The smallest absolute Gasteiger partial charge is 0.327 e. The van der Waals surface area contributed by atoms with Gasteiger partial charge in [0.1, 0.15) is 11.8 Å². The van der Waals surface area contributed by atoms with Gasteiger partial charge in [0, 0.05) is 12.5 Å². The summed E-state index contributed by atoms with van der Waals surface area (Å²) in [4.78, 5) is 12.1. The fraction of sp³-hybridized carbons (Fsp3) is 0.562. The van der Waals surface area contributed by atoms with E-state index in [1.807, 2.05) is 12.1 Å². The molecule has 0 amide bonds. The lowest BCUT2D eigenvalue weighted by molar-refractivity contribution is -0.143. The molecule has 2 atom stereocenters. The SMILES string of the molecule is COC(=O)[C@H](N[C@@H](C)C1CC1)c1ccc2c(c1)CCO2. The molecule has 2 aliphatic rings. The molecule has 1 aromatic carbocycles. The third-order valence-electron chi connectivity index (χ3n) is 4.24. The summed E-state index contributed by atoms with van der Waals surface area (Å²) in [6.07, 6.45) is 3.41. The molecule has 0 radical (unpaired) electrons. The van der Waals surface area contributed by atoms with Crippen molar-refractivity contribution in [2.45, 2.75) is 38.3 Å². The fourth-order valence-corrected chi connectivity index (χ4v) is 2.80. The highest BCUT2D eigenvalue weighted by Gasteiger charge is 2.32. The van der Waals surface area contributed by atoms with E-state index in [-0.39, 0.29) is 12.0 Å². The number of ether oxygens (including phenoxy) is 2. The summed E-state index contributed by atoms with van der Waals surface area (Å²) in [6, 6.07) is 5.93. The number of hydrogen-bond donors (Lipinski definition) is 1. The van der Waals surface area contributed by atoms with Crippen LogP contribution in [0.3, 0.4) is 0 Å². The molecule has 1 N–H and O–H groups in total. The van der Waals surface area contributed by atoms with E-state index in [0.29, 0.717) is 12.0 Å². The maximum absolute atomic E-state index is 12.1. The van der Waals surface area contributed by atoms with Crippen LogP contribution in [0, 0.1) is 5.92 Å². The van der Waals surface area contributed by atoms with Gasteiger partial charge in [0.15, 0.2) is 0 Å². The summed E-state index contributed by atoms with van der Waals surface area (Å²) in [7, 11) is 1.44. The van der Waals surface area contributed by atoms with Crippen molar-refractivity contribution in [3.05, 3.63) is 29.3 Å². The van der Waals surface area contributed by atoms with E-state index in [4.69, 9.17) is 9.47 Å². The van der Waals surface area contributed by atoms with Crippen LogP contribution in [-0.2, 0) is 16.0 Å². The number of nitrogens with one attached hydrogen (secondary N) is 1. The van der Waals surface area contributed by atoms with Gasteiger partial charge in [-0.25, -0.2) is 4.79 Å². The van der Waals surface area contributed by atoms with E-state index in [9.17, 15) is 4.79 Å². The van der Waals surface area contributed by atoms with Crippen LogP contribution in [0.2, 0.25) is 0 Å². The van der Waals surface area contributed by atoms with Crippen LogP contribution in [0.5, 0.6) is 5.75 Å². The Balaban J connectivity index is 1.82. The molecule has 108 valence electrons. The van der Waals surface area contributed by atoms with E-state index < -0.39 is 0 Å². The average Bonchev–Trinajstić information content (AvgIpc) is 3.21. The van der Waals surface area contributed by atoms with E-state index >= 15 is 0 Å². The van der Waals surface area contributed by atoms with Crippen LogP contribution < -0.4 is 10.1 Å². The molecule has 0 spiro atoms. The van der Waals surface area contributed by atoms with Crippen LogP contribution in [0.1, 0.15) is 36.9 Å². The van der Waals surface area contributed by atoms with Crippen LogP contribution in [0.25, 0.3) is 0 Å². The second-order valence-corrected chi connectivity index (χ2v) is 5.71. The predicted octanol–water partition coefficient (Wildman–Crippen LogP) is 2.22. The lowest BCUT2D eigenvalue weighted by Gasteiger charge is -2.22. The van der Waals surface area contributed by atoms with Crippen LogP contribution in [0.4, 0.5) is 0 Å². The number of rotatable bonds is 5. The van der Waals surface area contributed by atoms with E-state index in [1.165, 1.54) is 25.5 Å². The van der Waals surface area contributed by atoms with Crippen molar-refractivity contribution < 1.29 is 14.3 Å². The summed E-state index contributed by atoms with van der Waals surface area (Å²) in [5, 5.41) is 3.42. The fourth-order valence-electron chi connectivity index (χ4n) is 2.80. The van der Waals surface area contributed by atoms with Crippen molar-refractivity contribution in [3.63, 3.8) is 0 Å². The van der Waals surface area contributed by atoms with E-state index in [0.717, 1.165) is 24.3 Å². The number of benzene rings is 1. The lowest BCUT2D eigenvalue weighted by atomic mass is 10.0. The topological polar surface area (TPSA) is 47.6 Å². The molecular formula is C16H21NO3. The molecule has 0 unspecified atom stereocenters. The first kappa shape index (κ1) is 13.4. The maximum atomic E-state index is 12.1. The van der Waals surface area contributed by atoms with Crippen molar-refractivity contribution >= 4 is 5.97 Å². The normalized spacial score (nSPS) is 19.9. The van der Waals surface area contributed by atoms with Gasteiger partial charge in [-0.05, 0) is 48.9 Å². The maximum Gasteiger partial charge on any atom is 0.327 e. The zero-order chi connectivity index (χ0) is 14.1. The molecule has 4 heteroatoms. The molecule has 1 heterocycles. The van der Waals surface area contributed by atoms with Crippen molar-refractivity contribution in [3.8, 4) is 5.75 Å². The molecule has 4 nitrogen and oxygen atoms in total. The molecule has 1 aliphatic heterocycles. The van der Waals surface area contributed by atoms with Gasteiger partial charge in [-0.15, -0.1) is 0 Å². The van der Waals surface area contributed by atoms with E-state index in [2.05, 4.69) is 18.3 Å². The largest absolute Gasteiger partial charge is 0.493 e. The number of hydrogen-bond acceptors (Lipinski definition) is 4. The Morgan fingerprint density at radius 2 is 2.25 bits per heavy atom. The Morgan fingerprint density at radius 3 is 2.95 bits per heavy atom. The van der Waals surface area contributed by atoms with Crippen LogP contribution in [0.15, 0.2) is 18.2 Å². The Labute approximate surface area is 119 Å². The molecule has 20 heavy (non-hydrogen) atoms. The first-order chi connectivity index (χ1) is 9.69. The Hall–Kier alpha value is -1.55. The van der Waals surface area contributed by atoms with Crippen molar-refractivity contribution in [2.24, 2.45) is 5.92 Å². The number of esters is 1. The average molecular weight is 275 g/mol. The van der Waals surface area contributed by atoms with Gasteiger partial charge in [-0.2, -0.15) is 0 Å². The zero-order valence-electron chi connectivity index (χ0n) is 12.0. The summed E-state index contributed by atoms with van der Waals surface area (Å²) >= 11 is 0. The second kappa shape index (κ2) is 5.44. The van der Waals surface area contributed by atoms with Gasteiger partial charge in [0.05, 0.1) is 13.7 Å². The first-order valence-corrected chi connectivity index (χ1v) is 7.28. The molecule has 3 rings (SSSR count). The molecule has 0 aromatic heterocycles. The van der Waals surface area contributed by atoms with Crippen LogP contribution in [-0.4, -0.2) is 25.7 Å². The minimum Gasteiger partial charge on any atom is -0.493 e. The quantitative estimate of drug-likeness (QED) is 0.837. The molecule has 0 saturated heterocycles. The molecule has 0 bridgehead atoms. The number of carbonyl (C=O) groups is 1. The summed E-state index contributed by atoms with van der Waals surface area (Å²) < 4.78 is 10.5. The molecule has 1 aliphatic carbocycles. The van der Waals surface area contributed by atoms with Crippen molar-refractivity contribution in [2.75, 3.05) is 13.7 Å². The first-order valence-electron chi connectivity index (χ1n) is 7.28. The predicted molar refractivity (Wildman–Crippen MR) is 75.7 cm³/mol. The van der Waals surface area contributed by atoms with Gasteiger partial charge in [0.25, 0.3) is 0 Å². The Morgan fingerprint density at radius 1 is 1.45 bits per heavy atom. The highest BCUT2D eigenvalue weighted by atomic mass is 16.5.